The average Bonchev–Trinajstić information content (AvgIpc) is 2.63. The second kappa shape index (κ2) is 4.04. The van der Waals surface area contributed by atoms with Gasteiger partial charge in [0.15, 0.2) is 0 Å². The van der Waals surface area contributed by atoms with E-state index in [-0.39, 0.29) is 5.69 Å². The third-order valence-electron chi connectivity index (χ3n) is 2.18. The molecule has 0 bridgehead atoms. The minimum atomic E-state index is -1.24. The van der Waals surface area contributed by atoms with Crippen molar-refractivity contribution in [3.05, 3.63) is 53.1 Å². The molecule has 0 aliphatic rings. The van der Waals surface area contributed by atoms with E-state index in [1.54, 1.807) is 7.05 Å². The predicted molar refractivity (Wildman–Crippen MR) is 53.0 cm³/mol. The van der Waals surface area contributed by atoms with Crippen LogP contribution in [0.25, 0.3) is 0 Å². The molecule has 6 heteroatoms. The molecule has 0 amide bonds. The highest BCUT2D eigenvalue weighted by Crippen LogP contribution is 2.17. The van der Waals surface area contributed by atoms with Gasteiger partial charge in [0.05, 0.1) is 5.56 Å². The van der Waals surface area contributed by atoms with Crippen molar-refractivity contribution in [2.24, 2.45) is 7.05 Å². The first-order valence-corrected chi connectivity index (χ1v) is 4.68. The number of halogens is 3. The van der Waals surface area contributed by atoms with Gasteiger partial charge in [-0.1, -0.05) is 0 Å². The summed E-state index contributed by atoms with van der Waals surface area (Å²) in [6, 6.07) is 2.24. The van der Waals surface area contributed by atoms with Crippen LogP contribution in [-0.4, -0.2) is 15.6 Å². The fourth-order valence-corrected chi connectivity index (χ4v) is 1.42. The van der Waals surface area contributed by atoms with Gasteiger partial charge in [-0.15, -0.1) is 0 Å². The minimum Gasteiger partial charge on any atom is -0.287 e. The van der Waals surface area contributed by atoms with Crippen LogP contribution in [0.2, 0.25) is 0 Å². The summed E-state index contributed by atoms with van der Waals surface area (Å²) in [6.45, 7) is 0. The van der Waals surface area contributed by atoms with Crippen LogP contribution >= 0.6 is 0 Å². The van der Waals surface area contributed by atoms with Crippen LogP contribution in [0.1, 0.15) is 16.1 Å². The van der Waals surface area contributed by atoms with Gasteiger partial charge >= 0.3 is 0 Å². The molecule has 2 rings (SSSR count). The van der Waals surface area contributed by atoms with Gasteiger partial charge in [-0.3, -0.25) is 9.48 Å². The van der Waals surface area contributed by atoms with Gasteiger partial charge in [0.25, 0.3) is 0 Å². The largest absolute Gasteiger partial charge is 0.287 e. The fraction of sp³-hybridized carbons (Fsp3) is 0.0909. The van der Waals surface area contributed by atoms with Gasteiger partial charge in [0, 0.05) is 25.4 Å². The zero-order chi connectivity index (χ0) is 12.6. The summed E-state index contributed by atoms with van der Waals surface area (Å²) in [7, 11) is 1.56. The molecule has 0 aliphatic carbocycles. The Bertz CT molecular complexity index is 569. The molecule has 3 nitrogen and oxygen atoms in total. The van der Waals surface area contributed by atoms with Crippen molar-refractivity contribution < 1.29 is 18.0 Å². The fourth-order valence-electron chi connectivity index (χ4n) is 1.42. The molecule has 2 aromatic rings. The van der Waals surface area contributed by atoms with Gasteiger partial charge in [0.1, 0.15) is 23.1 Å². The molecular weight excluding hydrogens is 233 g/mol. The number of nitrogens with zero attached hydrogens (tertiary/aromatic N) is 2. The van der Waals surface area contributed by atoms with E-state index in [0.717, 1.165) is 0 Å². The lowest BCUT2D eigenvalue weighted by Crippen LogP contribution is -2.09. The average molecular weight is 240 g/mol. The van der Waals surface area contributed by atoms with Crippen molar-refractivity contribution >= 4 is 5.78 Å². The maximum Gasteiger partial charge on any atom is 0.219 e. The van der Waals surface area contributed by atoms with Gasteiger partial charge in [-0.05, 0) is 6.07 Å². The number of aromatic nitrogens is 2. The molecule has 0 fully saturated rings. The summed E-state index contributed by atoms with van der Waals surface area (Å²) in [4.78, 5) is 11.7. The number of ketones is 1. The van der Waals surface area contributed by atoms with Crippen LogP contribution < -0.4 is 0 Å². The van der Waals surface area contributed by atoms with E-state index in [0.29, 0.717) is 12.1 Å². The van der Waals surface area contributed by atoms with E-state index in [1.807, 2.05) is 0 Å². The topological polar surface area (TPSA) is 34.9 Å². The Morgan fingerprint density at radius 3 is 2.29 bits per heavy atom. The molecule has 0 saturated heterocycles. The van der Waals surface area contributed by atoms with E-state index < -0.39 is 28.8 Å². The molecule has 1 aromatic carbocycles. The highest BCUT2D eigenvalue weighted by Gasteiger charge is 2.21. The summed E-state index contributed by atoms with van der Waals surface area (Å²) in [5.74, 6) is -4.46. The van der Waals surface area contributed by atoms with E-state index in [2.05, 4.69) is 5.10 Å². The second-order valence-electron chi connectivity index (χ2n) is 3.45. The highest BCUT2D eigenvalue weighted by atomic mass is 19.1. The molecule has 0 aliphatic heterocycles. The summed E-state index contributed by atoms with van der Waals surface area (Å²) in [5.41, 5.74) is -0.901. The van der Waals surface area contributed by atoms with E-state index in [9.17, 15) is 18.0 Å². The zero-order valence-electron chi connectivity index (χ0n) is 8.75. The van der Waals surface area contributed by atoms with E-state index in [4.69, 9.17) is 0 Å². The van der Waals surface area contributed by atoms with E-state index in [1.165, 1.54) is 16.9 Å². The van der Waals surface area contributed by atoms with Gasteiger partial charge in [-0.25, -0.2) is 13.2 Å². The summed E-state index contributed by atoms with van der Waals surface area (Å²) >= 11 is 0. The molecule has 0 atom stereocenters. The molecule has 0 unspecified atom stereocenters. The molecule has 88 valence electrons. The third kappa shape index (κ3) is 2.06. The second-order valence-corrected chi connectivity index (χ2v) is 3.45. The van der Waals surface area contributed by atoms with Crippen molar-refractivity contribution in [2.75, 3.05) is 0 Å². The lowest BCUT2D eigenvalue weighted by Gasteiger charge is -2.02. The van der Waals surface area contributed by atoms with Crippen LogP contribution in [0, 0.1) is 17.5 Å². The van der Waals surface area contributed by atoms with Crippen LogP contribution in [0.3, 0.4) is 0 Å². The molecule has 0 spiro atoms. The summed E-state index contributed by atoms with van der Waals surface area (Å²) in [6.07, 6.45) is 1.46. The highest BCUT2D eigenvalue weighted by molar-refractivity contribution is 6.07. The Morgan fingerprint density at radius 1 is 1.24 bits per heavy atom. The SMILES string of the molecule is Cn1ccc(C(=O)c2c(F)cc(F)cc2F)n1. The molecule has 0 N–H and O–H groups in total. The molecule has 0 saturated carbocycles. The first-order valence-electron chi connectivity index (χ1n) is 4.68. The standard InChI is InChI=1S/C11H7F3N2O/c1-16-3-2-9(15-16)11(17)10-7(13)4-6(12)5-8(10)14/h2-5H,1H3. The Hall–Kier alpha value is -2.11. The van der Waals surface area contributed by atoms with Gasteiger partial charge < -0.3 is 0 Å². The third-order valence-corrected chi connectivity index (χ3v) is 2.18. The first kappa shape index (κ1) is 11.4. The van der Waals surface area contributed by atoms with Crippen LogP contribution in [-0.2, 0) is 7.05 Å². The number of benzene rings is 1. The minimum absolute atomic E-state index is 0.100. The summed E-state index contributed by atoms with van der Waals surface area (Å²) < 4.78 is 40.6. The lowest BCUT2D eigenvalue weighted by atomic mass is 10.1. The number of carbonyl (C=O) groups excluding carboxylic acids is 1. The molecular formula is C11H7F3N2O. The predicted octanol–water partition coefficient (Wildman–Crippen LogP) is 2.07. The Labute approximate surface area is 94.5 Å². The van der Waals surface area contributed by atoms with Crippen LogP contribution in [0.5, 0.6) is 0 Å². The van der Waals surface area contributed by atoms with Crippen molar-refractivity contribution in [3.8, 4) is 0 Å². The van der Waals surface area contributed by atoms with Crippen molar-refractivity contribution in [1.29, 1.82) is 0 Å². The van der Waals surface area contributed by atoms with Crippen molar-refractivity contribution in [2.45, 2.75) is 0 Å². The number of hydrogen-bond acceptors (Lipinski definition) is 2. The Balaban J connectivity index is 2.51. The molecule has 1 heterocycles. The summed E-state index contributed by atoms with van der Waals surface area (Å²) in [5, 5.41) is 3.73. The monoisotopic (exact) mass is 240 g/mol. The number of aryl methyl sites for hydroxylation is 1. The van der Waals surface area contributed by atoms with Gasteiger partial charge in [-0.2, -0.15) is 5.10 Å². The molecule has 17 heavy (non-hydrogen) atoms. The lowest BCUT2D eigenvalue weighted by molar-refractivity contribution is 0.102. The van der Waals surface area contributed by atoms with Crippen LogP contribution in [0.4, 0.5) is 13.2 Å². The number of carbonyl (C=O) groups is 1. The zero-order valence-corrected chi connectivity index (χ0v) is 8.75. The molecule has 0 radical (unpaired) electrons. The normalized spacial score (nSPS) is 10.6. The van der Waals surface area contributed by atoms with Gasteiger partial charge in [0.2, 0.25) is 5.78 Å². The quantitative estimate of drug-likeness (QED) is 0.753. The Morgan fingerprint density at radius 2 is 1.82 bits per heavy atom. The smallest absolute Gasteiger partial charge is 0.219 e. The maximum atomic E-state index is 13.3. The Kier molecular flexibility index (Phi) is 2.71. The van der Waals surface area contributed by atoms with E-state index >= 15 is 0 Å². The van der Waals surface area contributed by atoms with Crippen molar-refractivity contribution in [1.82, 2.24) is 9.78 Å². The molecule has 1 aromatic heterocycles. The first-order chi connectivity index (χ1) is 7.99. The number of rotatable bonds is 2. The maximum absolute atomic E-state index is 13.3. The number of hydrogen-bond donors (Lipinski definition) is 0. The van der Waals surface area contributed by atoms with Crippen molar-refractivity contribution in [3.63, 3.8) is 0 Å². The van der Waals surface area contributed by atoms with Crippen LogP contribution in [0.15, 0.2) is 24.4 Å².